The van der Waals surface area contributed by atoms with Crippen LogP contribution in [0.25, 0.3) is 0 Å². The third kappa shape index (κ3) is 3.00. The number of likely N-dealkylation sites (tertiary alicyclic amines) is 1. The normalized spacial score (nSPS) is 24.3. The summed E-state index contributed by atoms with van der Waals surface area (Å²) in [6.07, 6.45) is 0.801. The summed E-state index contributed by atoms with van der Waals surface area (Å²) in [7, 11) is 0. The van der Waals surface area contributed by atoms with Crippen LogP contribution in [0.15, 0.2) is 12.3 Å². The molecule has 0 spiro atoms. The predicted molar refractivity (Wildman–Crippen MR) is 68.7 cm³/mol. The fourth-order valence-corrected chi connectivity index (χ4v) is 2.69. The van der Waals surface area contributed by atoms with Gasteiger partial charge in [0, 0.05) is 23.5 Å². The fourth-order valence-electron chi connectivity index (χ4n) is 1.96. The Morgan fingerprint density at radius 3 is 2.83 bits per heavy atom. The molecule has 1 aromatic heterocycles. The van der Waals surface area contributed by atoms with Crippen molar-refractivity contribution in [3.63, 3.8) is 0 Å². The molecule has 0 aliphatic carbocycles. The molecule has 6 heteroatoms. The summed E-state index contributed by atoms with van der Waals surface area (Å²) in [5, 5.41) is 10.0. The van der Waals surface area contributed by atoms with Crippen molar-refractivity contribution in [2.75, 3.05) is 13.1 Å². The molecule has 1 aliphatic rings. The van der Waals surface area contributed by atoms with Gasteiger partial charge in [-0.2, -0.15) is 0 Å². The first-order valence-electron chi connectivity index (χ1n) is 5.93. The Hall–Kier alpha value is -1.14. The summed E-state index contributed by atoms with van der Waals surface area (Å²) in [4.78, 5) is 14.5. The smallest absolute Gasteiger partial charge is 0.410 e. The third-order valence-electron chi connectivity index (χ3n) is 2.76. The van der Waals surface area contributed by atoms with Gasteiger partial charge < -0.3 is 14.7 Å². The number of nitrogens with zero attached hydrogens (tertiary/aromatic N) is 2. The highest BCUT2D eigenvalue weighted by Crippen LogP contribution is 2.30. The summed E-state index contributed by atoms with van der Waals surface area (Å²) in [6.45, 7) is 6.30. The molecular weight excluding hydrogens is 252 g/mol. The summed E-state index contributed by atoms with van der Waals surface area (Å²) < 4.78 is 9.33. The SMILES string of the molecule is CC(C)(C)OC(=O)N1C[C@H](c2ccns2)[C@@H](O)C1. The quantitative estimate of drug-likeness (QED) is 0.845. The fraction of sp³-hybridized carbons (Fsp3) is 0.667. The van der Waals surface area contributed by atoms with Crippen molar-refractivity contribution in [3.8, 4) is 0 Å². The lowest BCUT2D eigenvalue weighted by Gasteiger charge is -2.24. The van der Waals surface area contributed by atoms with E-state index in [-0.39, 0.29) is 12.0 Å². The van der Waals surface area contributed by atoms with Crippen molar-refractivity contribution < 1.29 is 14.6 Å². The van der Waals surface area contributed by atoms with Crippen molar-refractivity contribution in [3.05, 3.63) is 17.1 Å². The van der Waals surface area contributed by atoms with E-state index in [1.54, 1.807) is 11.1 Å². The molecule has 1 aromatic rings. The van der Waals surface area contributed by atoms with Crippen LogP contribution in [0.4, 0.5) is 4.79 Å². The molecule has 0 aromatic carbocycles. The second kappa shape index (κ2) is 4.85. The maximum Gasteiger partial charge on any atom is 0.410 e. The molecule has 1 fully saturated rings. The summed E-state index contributed by atoms with van der Waals surface area (Å²) >= 11 is 1.36. The lowest BCUT2D eigenvalue weighted by molar-refractivity contribution is 0.0270. The molecule has 2 atom stereocenters. The van der Waals surface area contributed by atoms with Crippen molar-refractivity contribution >= 4 is 17.6 Å². The molecule has 1 N–H and O–H groups in total. The van der Waals surface area contributed by atoms with Gasteiger partial charge in [-0.1, -0.05) is 0 Å². The molecule has 1 saturated heterocycles. The van der Waals surface area contributed by atoms with E-state index >= 15 is 0 Å². The number of rotatable bonds is 1. The lowest BCUT2D eigenvalue weighted by Crippen LogP contribution is -2.35. The van der Waals surface area contributed by atoms with E-state index in [2.05, 4.69) is 4.37 Å². The lowest BCUT2D eigenvalue weighted by atomic mass is 10.1. The zero-order chi connectivity index (χ0) is 13.3. The van der Waals surface area contributed by atoms with Crippen LogP contribution in [0.2, 0.25) is 0 Å². The van der Waals surface area contributed by atoms with Gasteiger partial charge in [0.05, 0.1) is 12.6 Å². The minimum absolute atomic E-state index is 0.0509. The van der Waals surface area contributed by atoms with E-state index in [1.807, 2.05) is 26.8 Å². The summed E-state index contributed by atoms with van der Waals surface area (Å²) in [6, 6.07) is 1.89. The van der Waals surface area contributed by atoms with E-state index in [1.165, 1.54) is 11.5 Å². The maximum absolute atomic E-state index is 11.9. The number of hydrogen-bond acceptors (Lipinski definition) is 5. The number of hydrogen-bond donors (Lipinski definition) is 1. The van der Waals surface area contributed by atoms with Crippen molar-refractivity contribution in [2.45, 2.75) is 38.4 Å². The van der Waals surface area contributed by atoms with E-state index in [4.69, 9.17) is 4.74 Å². The van der Waals surface area contributed by atoms with Crippen molar-refractivity contribution in [1.82, 2.24) is 9.27 Å². The van der Waals surface area contributed by atoms with Crippen LogP contribution >= 0.6 is 11.5 Å². The highest BCUT2D eigenvalue weighted by Gasteiger charge is 2.37. The maximum atomic E-state index is 11.9. The Balaban J connectivity index is 2.00. The van der Waals surface area contributed by atoms with Crippen molar-refractivity contribution in [2.24, 2.45) is 0 Å². The Kier molecular flexibility index (Phi) is 3.59. The van der Waals surface area contributed by atoms with Gasteiger partial charge in [-0.15, -0.1) is 0 Å². The first-order valence-corrected chi connectivity index (χ1v) is 6.71. The topological polar surface area (TPSA) is 62.7 Å². The second-order valence-corrected chi connectivity index (χ2v) is 6.34. The van der Waals surface area contributed by atoms with E-state index < -0.39 is 11.7 Å². The van der Waals surface area contributed by atoms with Gasteiger partial charge in [0.25, 0.3) is 0 Å². The molecule has 0 radical (unpaired) electrons. The molecule has 18 heavy (non-hydrogen) atoms. The molecule has 100 valence electrons. The van der Waals surface area contributed by atoms with E-state index in [0.717, 1.165) is 4.88 Å². The van der Waals surface area contributed by atoms with Crippen LogP contribution < -0.4 is 0 Å². The second-order valence-electron chi connectivity index (χ2n) is 5.47. The number of aliphatic hydroxyl groups is 1. The monoisotopic (exact) mass is 270 g/mol. The van der Waals surface area contributed by atoms with Crippen LogP contribution in [0, 0.1) is 0 Å². The van der Waals surface area contributed by atoms with Crippen LogP contribution in [-0.4, -0.2) is 45.3 Å². The molecule has 1 aliphatic heterocycles. The molecular formula is C12H18N2O3S. The highest BCUT2D eigenvalue weighted by molar-refractivity contribution is 7.05. The molecule has 5 nitrogen and oxygen atoms in total. The van der Waals surface area contributed by atoms with Gasteiger partial charge >= 0.3 is 6.09 Å². The average molecular weight is 270 g/mol. The largest absolute Gasteiger partial charge is 0.444 e. The molecule has 2 heterocycles. The Bertz CT molecular complexity index is 413. The summed E-state index contributed by atoms with van der Waals surface area (Å²) in [5.74, 6) is -0.0509. The van der Waals surface area contributed by atoms with Gasteiger partial charge in [0.2, 0.25) is 0 Å². The number of amides is 1. The Labute approximate surface area is 111 Å². The molecule has 2 rings (SSSR count). The average Bonchev–Trinajstić information content (AvgIpc) is 2.82. The summed E-state index contributed by atoms with van der Waals surface area (Å²) in [5.41, 5.74) is -0.509. The zero-order valence-corrected chi connectivity index (χ0v) is 11.6. The van der Waals surface area contributed by atoms with Gasteiger partial charge in [0.15, 0.2) is 0 Å². The van der Waals surface area contributed by atoms with Crippen LogP contribution in [-0.2, 0) is 4.74 Å². The number of aliphatic hydroxyl groups excluding tert-OH is 1. The van der Waals surface area contributed by atoms with Gasteiger partial charge in [0.1, 0.15) is 5.60 Å². The molecule has 0 bridgehead atoms. The number of ether oxygens (including phenoxy) is 1. The number of carbonyl (C=O) groups excluding carboxylic acids is 1. The van der Waals surface area contributed by atoms with Crippen LogP contribution in [0.1, 0.15) is 31.6 Å². The van der Waals surface area contributed by atoms with E-state index in [0.29, 0.717) is 13.1 Å². The van der Waals surface area contributed by atoms with Gasteiger partial charge in [-0.05, 0) is 38.4 Å². The van der Waals surface area contributed by atoms with Gasteiger partial charge in [-0.3, -0.25) is 0 Å². The minimum Gasteiger partial charge on any atom is -0.444 e. The van der Waals surface area contributed by atoms with Crippen LogP contribution in [0.3, 0.4) is 0 Å². The van der Waals surface area contributed by atoms with Gasteiger partial charge in [-0.25, -0.2) is 9.17 Å². The first kappa shape index (κ1) is 13.3. The predicted octanol–water partition coefficient (Wildman–Crippen LogP) is 1.84. The third-order valence-corrected chi connectivity index (χ3v) is 3.64. The zero-order valence-electron chi connectivity index (χ0n) is 10.8. The van der Waals surface area contributed by atoms with E-state index in [9.17, 15) is 9.90 Å². The first-order chi connectivity index (χ1) is 8.37. The number of β-amino-alcohol motifs (C(OH)–C–C–N with tert-alkyl or cyclic N) is 1. The van der Waals surface area contributed by atoms with Crippen LogP contribution in [0.5, 0.6) is 0 Å². The molecule has 0 saturated carbocycles. The number of aromatic nitrogens is 1. The van der Waals surface area contributed by atoms with Crippen molar-refractivity contribution in [1.29, 1.82) is 0 Å². The highest BCUT2D eigenvalue weighted by atomic mass is 32.1. The molecule has 1 amide bonds. The minimum atomic E-state index is -0.544. The Morgan fingerprint density at radius 1 is 1.56 bits per heavy atom. The standard InChI is InChI=1S/C12H18N2O3S/c1-12(2,3)17-11(16)14-6-8(9(15)7-14)10-4-5-13-18-10/h4-5,8-9,15H,6-7H2,1-3H3/t8-,9-/m0/s1. The number of carbonyl (C=O) groups is 1. The Morgan fingerprint density at radius 2 is 2.28 bits per heavy atom. The molecule has 0 unspecified atom stereocenters.